The average molecular weight is 350 g/mol. The minimum absolute atomic E-state index is 0.119. The summed E-state index contributed by atoms with van der Waals surface area (Å²) in [6, 6.07) is 7.90. The number of ether oxygens (including phenoxy) is 1. The highest BCUT2D eigenvalue weighted by Crippen LogP contribution is 2.33. The highest BCUT2D eigenvalue weighted by Gasteiger charge is 2.42. The highest BCUT2D eigenvalue weighted by molar-refractivity contribution is 6.30. The molecule has 3 rings (SSSR count). The van der Waals surface area contributed by atoms with E-state index in [0.717, 1.165) is 18.4 Å². The van der Waals surface area contributed by atoms with Crippen molar-refractivity contribution >= 4 is 23.7 Å². The van der Waals surface area contributed by atoms with Crippen molar-refractivity contribution in [2.45, 2.75) is 57.2 Å². The van der Waals surface area contributed by atoms with Crippen LogP contribution in [-0.4, -0.2) is 36.1 Å². The van der Waals surface area contributed by atoms with Crippen LogP contribution in [0.1, 0.15) is 50.7 Å². The number of amidine groups is 1. The fraction of sp³-hybridized carbons (Fsp3) is 0.556. The molecular formula is C18H24ClN3O2. The Morgan fingerprint density at radius 1 is 1.25 bits per heavy atom. The van der Waals surface area contributed by atoms with Crippen molar-refractivity contribution in [2.24, 2.45) is 4.99 Å². The largest absolute Gasteiger partial charge is 0.454 e. The zero-order valence-electron chi connectivity index (χ0n) is 14.2. The SMILES string of the molecule is CN=C1O[C@H](c2ccc(Cl)cc2)[C@@H](C)N1C(=O)NC1CCCCC1. The van der Waals surface area contributed by atoms with E-state index in [-0.39, 0.29) is 24.2 Å². The van der Waals surface area contributed by atoms with Gasteiger partial charge in [-0.2, -0.15) is 0 Å². The summed E-state index contributed by atoms with van der Waals surface area (Å²) in [5.41, 5.74) is 0.987. The molecule has 0 unspecified atom stereocenters. The summed E-state index contributed by atoms with van der Waals surface area (Å²) >= 11 is 5.96. The first kappa shape index (κ1) is 17.1. The first-order valence-corrected chi connectivity index (χ1v) is 8.96. The standard InChI is InChI=1S/C18H24ClN3O2/c1-12-16(13-8-10-14(19)11-9-13)24-18(20-2)22(12)17(23)21-15-6-4-3-5-7-15/h8-12,15-16H,3-7H2,1-2H3,(H,21,23)/t12-,16+/m1/s1. The van der Waals surface area contributed by atoms with Gasteiger partial charge >= 0.3 is 6.03 Å². The third kappa shape index (κ3) is 3.51. The van der Waals surface area contributed by atoms with Gasteiger partial charge in [0.05, 0.1) is 6.04 Å². The Balaban J connectivity index is 1.74. The quantitative estimate of drug-likeness (QED) is 0.872. The van der Waals surface area contributed by atoms with Crippen LogP contribution in [0.5, 0.6) is 0 Å². The summed E-state index contributed by atoms with van der Waals surface area (Å²) in [6.07, 6.45) is 5.48. The molecule has 1 aromatic carbocycles. The number of hydrogen-bond acceptors (Lipinski definition) is 3. The zero-order valence-corrected chi connectivity index (χ0v) is 14.9. The molecule has 1 aliphatic heterocycles. The van der Waals surface area contributed by atoms with Crippen LogP contribution in [-0.2, 0) is 4.74 Å². The molecule has 1 N–H and O–H groups in total. The zero-order chi connectivity index (χ0) is 17.1. The Bertz CT molecular complexity index is 611. The molecule has 2 amide bonds. The van der Waals surface area contributed by atoms with Gasteiger partial charge < -0.3 is 10.1 Å². The molecule has 0 bridgehead atoms. The van der Waals surface area contributed by atoms with E-state index in [9.17, 15) is 4.79 Å². The Labute approximate surface area is 148 Å². The van der Waals surface area contributed by atoms with E-state index in [0.29, 0.717) is 11.0 Å². The number of carbonyl (C=O) groups excluding carboxylic acids is 1. The lowest BCUT2D eigenvalue weighted by atomic mass is 9.96. The van der Waals surface area contributed by atoms with Crippen molar-refractivity contribution in [3.05, 3.63) is 34.9 Å². The van der Waals surface area contributed by atoms with E-state index in [1.165, 1.54) is 19.3 Å². The maximum absolute atomic E-state index is 12.8. The summed E-state index contributed by atoms with van der Waals surface area (Å²) in [4.78, 5) is 18.6. The van der Waals surface area contributed by atoms with E-state index in [1.54, 1.807) is 11.9 Å². The van der Waals surface area contributed by atoms with Crippen LogP contribution >= 0.6 is 11.6 Å². The number of rotatable bonds is 2. The molecule has 24 heavy (non-hydrogen) atoms. The van der Waals surface area contributed by atoms with E-state index in [4.69, 9.17) is 16.3 Å². The molecule has 0 radical (unpaired) electrons. The monoisotopic (exact) mass is 349 g/mol. The lowest BCUT2D eigenvalue weighted by molar-refractivity contribution is 0.188. The van der Waals surface area contributed by atoms with Gasteiger partial charge in [0, 0.05) is 18.1 Å². The van der Waals surface area contributed by atoms with Crippen LogP contribution in [0.4, 0.5) is 4.79 Å². The number of hydrogen-bond donors (Lipinski definition) is 1. The van der Waals surface area contributed by atoms with Crippen LogP contribution < -0.4 is 5.32 Å². The molecule has 0 aromatic heterocycles. The molecule has 1 heterocycles. The summed E-state index contributed by atoms with van der Waals surface area (Å²) in [5, 5.41) is 3.82. The van der Waals surface area contributed by atoms with Crippen LogP contribution in [0.3, 0.4) is 0 Å². The Kier molecular flexibility index (Phi) is 5.29. The molecule has 1 saturated heterocycles. The average Bonchev–Trinajstić information content (AvgIpc) is 2.93. The van der Waals surface area contributed by atoms with Crippen LogP contribution in [0.25, 0.3) is 0 Å². The first-order valence-electron chi connectivity index (χ1n) is 8.59. The minimum Gasteiger partial charge on any atom is -0.454 e. The maximum Gasteiger partial charge on any atom is 0.326 e. The lowest BCUT2D eigenvalue weighted by Crippen LogP contribution is -2.49. The fourth-order valence-corrected chi connectivity index (χ4v) is 3.63. The number of nitrogens with one attached hydrogen (secondary N) is 1. The van der Waals surface area contributed by atoms with Gasteiger partial charge in [0.15, 0.2) is 0 Å². The normalized spacial score (nSPS) is 26.5. The van der Waals surface area contributed by atoms with Crippen molar-refractivity contribution < 1.29 is 9.53 Å². The summed E-state index contributed by atoms with van der Waals surface area (Å²) in [5.74, 6) is 0. The fourth-order valence-electron chi connectivity index (χ4n) is 3.50. The second kappa shape index (κ2) is 7.43. The van der Waals surface area contributed by atoms with Crippen molar-refractivity contribution in [3.8, 4) is 0 Å². The van der Waals surface area contributed by atoms with Gasteiger partial charge in [-0.25, -0.2) is 14.7 Å². The Morgan fingerprint density at radius 3 is 2.54 bits per heavy atom. The van der Waals surface area contributed by atoms with Crippen molar-refractivity contribution in [2.75, 3.05) is 7.05 Å². The molecule has 1 aliphatic carbocycles. The van der Waals surface area contributed by atoms with Crippen LogP contribution in [0.15, 0.2) is 29.3 Å². The van der Waals surface area contributed by atoms with Gasteiger partial charge in [-0.05, 0) is 37.5 Å². The van der Waals surface area contributed by atoms with Gasteiger partial charge in [-0.1, -0.05) is 43.0 Å². The van der Waals surface area contributed by atoms with Crippen LogP contribution in [0.2, 0.25) is 5.02 Å². The molecule has 1 aromatic rings. The molecule has 2 atom stereocenters. The van der Waals surface area contributed by atoms with Crippen molar-refractivity contribution in [1.82, 2.24) is 10.2 Å². The molecule has 130 valence electrons. The Morgan fingerprint density at radius 2 is 1.92 bits per heavy atom. The molecular weight excluding hydrogens is 326 g/mol. The third-order valence-corrected chi connectivity index (χ3v) is 5.08. The number of urea groups is 1. The van der Waals surface area contributed by atoms with E-state index in [2.05, 4.69) is 10.3 Å². The number of amides is 2. The topological polar surface area (TPSA) is 53.9 Å². The number of benzene rings is 1. The predicted octanol–water partition coefficient (Wildman–Crippen LogP) is 4.13. The van der Waals surface area contributed by atoms with Crippen molar-refractivity contribution in [3.63, 3.8) is 0 Å². The number of carbonyl (C=O) groups is 1. The van der Waals surface area contributed by atoms with Gasteiger partial charge in [0.2, 0.25) is 0 Å². The summed E-state index contributed by atoms with van der Waals surface area (Å²) in [6.45, 7) is 1.98. The minimum atomic E-state index is -0.238. The second-order valence-corrected chi connectivity index (χ2v) is 6.93. The number of nitrogens with zero attached hydrogens (tertiary/aromatic N) is 2. The van der Waals surface area contributed by atoms with Gasteiger partial charge in [0.1, 0.15) is 6.10 Å². The van der Waals surface area contributed by atoms with Crippen molar-refractivity contribution in [1.29, 1.82) is 0 Å². The molecule has 1 saturated carbocycles. The molecule has 5 nitrogen and oxygen atoms in total. The molecule has 0 spiro atoms. The number of halogens is 1. The molecule has 2 aliphatic rings. The van der Waals surface area contributed by atoms with Crippen LogP contribution in [0, 0.1) is 0 Å². The van der Waals surface area contributed by atoms with Gasteiger partial charge in [-0.15, -0.1) is 0 Å². The highest BCUT2D eigenvalue weighted by atomic mass is 35.5. The Hall–Kier alpha value is -1.75. The number of aliphatic imine (C=N–C) groups is 1. The van der Waals surface area contributed by atoms with E-state index in [1.807, 2.05) is 31.2 Å². The van der Waals surface area contributed by atoms with Gasteiger partial charge in [-0.3, -0.25) is 0 Å². The smallest absolute Gasteiger partial charge is 0.326 e. The predicted molar refractivity (Wildman–Crippen MR) is 95.3 cm³/mol. The lowest BCUT2D eigenvalue weighted by Gasteiger charge is -2.27. The van der Waals surface area contributed by atoms with Gasteiger partial charge in [0.25, 0.3) is 6.02 Å². The van der Waals surface area contributed by atoms with E-state index >= 15 is 0 Å². The second-order valence-electron chi connectivity index (χ2n) is 6.49. The summed E-state index contributed by atoms with van der Waals surface area (Å²) < 4.78 is 5.94. The van der Waals surface area contributed by atoms with E-state index < -0.39 is 0 Å². The molecule has 6 heteroatoms. The summed E-state index contributed by atoms with van der Waals surface area (Å²) in [7, 11) is 1.65. The third-order valence-electron chi connectivity index (χ3n) is 4.83. The first-order chi connectivity index (χ1) is 11.6. The molecule has 2 fully saturated rings. The maximum atomic E-state index is 12.8.